The number of aromatic nitrogens is 3. The van der Waals surface area contributed by atoms with Gasteiger partial charge in [0.2, 0.25) is 0 Å². The molecule has 0 atom stereocenters. The van der Waals surface area contributed by atoms with Gasteiger partial charge in [-0.2, -0.15) is 5.10 Å². The highest BCUT2D eigenvalue weighted by molar-refractivity contribution is 9.10. The number of aromatic amines is 1. The number of pyridine rings is 1. The van der Waals surface area contributed by atoms with Crippen LogP contribution in [0.3, 0.4) is 0 Å². The molecule has 0 unspecified atom stereocenters. The van der Waals surface area contributed by atoms with Gasteiger partial charge in [0.15, 0.2) is 5.65 Å². The Labute approximate surface area is 88.3 Å². The highest BCUT2D eigenvalue weighted by Gasteiger charge is 2.00. The fourth-order valence-corrected chi connectivity index (χ4v) is 1.86. The lowest BCUT2D eigenvalue weighted by Crippen LogP contribution is -1.80. The highest BCUT2D eigenvalue weighted by Crippen LogP contribution is 2.21. The van der Waals surface area contributed by atoms with Crippen LogP contribution in [0.25, 0.3) is 21.9 Å². The molecule has 3 rings (SSSR count). The van der Waals surface area contributed by atoms with Gasteiger partial charge in [-0.25, -0.2) is 4.98 Å². The number of fused-ring (bicyclic) bond motifs is 2. The van der Waals surface area contributed by atoms with Crippen LogP contribution in [-0.4, -0.2) is 15.2 Å². The molecular weight excluding hydrogens is 242 g/mol. The summed E-state index contributed by atoms with van der Waals surface area (Å²) in [4.78, 5) is 4.45. The van der Waals surface area contributed by atoms with Crippen molar-refractivity contribution in [1.29, 1.82) is 0 Å². The largest absolute Gasteiger partial charge is 0.261 e. The number of rotatable bonds is 0. The lowest BCUT2D eigenvalue weighted by Gasteiger charge is -1.97. The van der Waals surface area contributed by atoms with Crippen LogP contribution in [0.1, 0.15) is 0 Å². The lowest BCUT2D eigenvalue weighted by atomic mass is 10.2. The van der Waals surface area contributed by atoms with E-state index in [-0.39, 0.29) is 0 Å². The summed E-state index contributed by atoms with van der Waals surface area (Å²) in [5.41, 5.74) is 1.80. The van der Waals surface area contributed by atoms with Gasteiger partial charge in [0.25, 0.3) is 0 Å². The molecule has 0 saturated heterocycles. The Hall–Kier alpha value is -1.42. The predicted molar refractivity (Wildman–Crippen MR) is 59.1 cm³/mol. The van der Waals surface area contributed by atoms with E-state index in [1.165, 1.54) is 0 Å². The number of benzene rings is 1. The Kier molecular flexibility index (Phi) is 1.58. The Bertz CT molecular complexity index is 615. The first kappa shape index (κ1) is 7.94. The average molecular weight is 248 g/mol. The second-order valence-electron chi connectivity index (χ2n) is 3.13. The van der Waals surface area contributed by atoms with Gasteiger partial charge in [0.1, 0.15) is 0 Å². The van der Waals surface area contributed by atoms with Gasteiger partial charge in [-0.15, -0.1) is 0 Å². The quantitative estimate of drug-likeness (QED) is 0.664. The first-order valence-electron chi connectivity index (χ1n) is 4.22. The minimum absolute atomic E-state index is 0.829. The summed E-state index contributed by atoms with van der Waals surface area (Å²) >= 11 is 3.42. The third kappa shape index (κ3) is 1.11. The summed E-state index contributed by atoms with van der Waals surface area (Å²) < 4.78 is 1.04. The maximum atomic E-state index is 4.45. The molecule has 0 aliphatic rings. The van der Waals surface area contributed by atoms with Crippen molar-refractivity contribution >= 4 is 37.9 Å². The van der Waals surface area contributed by atoms with E-state index in [0.29, 0.717) is 0 Å². The highest BCUT2D eigenvalue weighted by atomic mass is 79.9. The fraction of sp³-hybridized carbons (Fsp3) is 0. The maximum absolute atomic E-state index is 4.45. The number of hydrogen-bond acceptors (Lipinski definition) is 2. The molecule has 0 bridgehead atoms. The van der Waals surface area contributed by atoms with Crippen LogP contribution in [0.4, 0.5) is 0 Å². The molecule has 0 fully saturated rings. The summed E-state index contributed by atoms with van der Waals surface area (Å²) in [6.45, 7) is 0. The molecule has 0 aliphatic carbocycles. The zero-order valence-corrected chi connectivity index (χ0v) is 8.75. The molecule has 14 heavy (non-hydrogen) atoms. The van der Waals surface area contributed by atoms with Gasteiger partial charge in [0.05, 0.1) is 11.7 Å². The third-order valence-electron chi connectivity index (χ3n) is 2.18. The first-order valence-corrected chi connectivity index (χ1v) is 5.02. The number of H-pyrrole nitrogens is 1. The molecule has 68 valence electrons. The van der Waals surface area contributed by atoms with E-state index in [2.05, 4.69) is 37.2 Å². The summed E-state index contributed by atoms with van der Waals surface area (Å²) in [5, 5.41) is 8.97. The van der Waals surface area contributed by atoms with Crippen molar-refractivity contribution in [2.45, 2.75) is 0 Å². The fourth-order valence-electron chi connectivity index (χ4n) is 1.51. The zero-order chi connectivity index (χ0) is 9.54. The first-order chi connectivity index (χ1) is 6.83. The molecule has 3 aromatic rings. The molecule has 0 aliphatic heterocycles. The second-order valence-corrected chi connectivity index (χ2v) is 4.05. The van der Waals surface area contributed by atoms with Crippen LogP contribution in [0.2, 0.25) is 0 Å². The summed E-state index contributed by atoms with van der Waals surface area (Å²) in [5.74, 6) is 0. The van der Waals surface area contributed by atoms with E-state index >= 15 is 0 Å². The number of hydrogen-bond donors (Lipinski definition) is 1. The van der Waals surface area contributed by atoms with E-state index in [4.69, 9.17) is 0 Å². The van der Waals surface area contributed by atoms with Crippen LogP contribution in [0.5, 0.6) is 0 Å². The molecule has 2 aromatic heterocycles. The van der Waals surface area contributed by atoms with Crippen LogP contribution >= 0.6 is 15.9 Å². The molecule has 3 nitrogen and oxygen atoms in total. The minimum atomic E-state index is 0.829. The van der Waals surface area contributed by atoms with E-state index in [1.54, 1.807) is 6.20 Å². The third-order valence-corrected chi connectivity index (χ3v) is 2.68. The Morgan fingerprint density at radius 1 is 1.14 bits per heavy atom. The van der Waals surface area contributed by atoms with Crippen molar-refractivity contribution in [3.8, 4) is 0 Å². The van der Waals surface area contributed by atoms with Crippen molar-refractivity contribution in [1.82, 2.24) is 15.2 Å². The van der Waals surface area contributed by atoms with Gasteiger partial charge in [-0.3, -0.25) is 5.10 Å². The van der Waals surface area contributed by atoms with E-state index in [9.17, 15) is 0 Å². The number of nitrogens with one attached hydrogen (secondary N) is 1. The molecule has 0 saturated carbocycles. The van der Waals surface area contributed by atoms with Gasteiger partial charge in [-0.05, 0) is 18.2 Å². The Morgan fingerprint density at radius 2 is 2.07 bits per heavy atom. The van der Waals surface area contributed by atoms with E-state index < -0.39 is 0 Å². The summed E-state index contributed by atoms with van der Waals surface area (Å²) in [6, 6.07) is 8.12. The molecule has 0 amide bonds. The van der Waals surface area contributed by atoms with Gasteiger partial charge >= 0.3 is 0 Å². The summed E-state index contributed by atoms with van der Waals surface area (Å²) in [6.07, 6.45) is 1.78. The smallest absolute Gasteiger partial charge is 0.155 e. The number of nitrogens with zero attached hydrogens (tertiary/aromatic N) is 2. The Balaban J connectivity index is 2.50. The van der Waals surface area contributed by atoms with E-state index in [0.717, 1.165) is 26.4 Å². The maximum Gasteiger partial charge on any atom is 0.155 e. The van der Waals surface area contributed by atoms with Crippen molar-refractivity contribution in [3.63, 3.8) is 0 Å². The number of halogens is 1. The molecule has 1 N–H and O–H groups in total. The normalized spacial score (nSPS) is 11.2. The van der Waals surface area contributed by atoms with Gasteiger partial charge in [0, 0.05) is 15.2 Å². The molecule has 1 aromatic carbocycles. The van der Waals surface area contributed by atoms with Crippen LogP contribution in [0, 0.1) is 0 Å². The van der Waals surface area contributed by atoms with Crippen LogP contribution in [-0.2, 0) is 0 Å². The van der Waals surface area contributed by atoms with E-state index in [1.807, 2.05) is 18.2 Å². The molecule has 0 spiro atoms. The molecular formula is C10H6BrN3. The van der Waals surface area contributed by atoms with Crippen LogP contribution < -0.4 is 0 Å². The second kappa shape index (κ2) is 2.78. The average Bonchev–Trinajstić information content (AvgIpc) is 2.61. The monoisotopic (exact) mass is 247 g/mol. The van der Waals surface area contributed by atoms with Crippen molar-refractivity contribution in [2.75, 3.05) is 0 Å². The SMILES string of the molecule is Brc1ccc2cc3cn[nH]c3nc2c1. The molecule has 0 radical (unpaired) electrons. The lowest BCUT2D eigenvalue weighted by molar-refractivity contribution is 1.10. The van der Waals surface area contributed by atoms with Crippen molar-refractivity contribution in [2.24, 2.45) is 0 Å². The van der Waals surface area contributed by atoms with Crippen LogP contribution in [0.15, 0.2) is 34.9 Å². The zero-order valence-electron chi connectivity index (χ0n) is 7.16. The predicted octanol–water partition coefficient (Wildman–Crippen LogP) is 2.87. The molecule has 2 heterocycles. The Morgan fingerprint density at radius 3 is 3.00 bits per heavy atom. The summed E-state index contributed by atoms with van der Waals surface area (Å²) in [7, 11) is 0. The van der Waals surface area contributed by atoms with Crippen molar-refractivity contribution < 1.29 is 0 Å². The van der Waals surface area contributed by atoms with Crippen molar-refractivity contribution in [3.05, 3.63) is 34.9 Å². The standard InChI is InChI=1S/C10H6BrN3/c11-8-2-1-6-3-7-5-12-14-10(7)13-9(6)4-8/h1-5H,(H,12,13,14). The van der Waals surface area contributed by atoms with Gasteiger partial charge < -0.3 is 0 Å². The topological polar surface area (TPSA) is 41.6 Å². The minimum Gasteiger partial charge on any atom is -0.261 e. The van der Waals surface area contributed by atoms with Gasteiger partial charge in [-0.1, -0.05) is 22.0 Å². The molecule has 4 heteroatoms.